The summed E-state index contributed by atoms with van der Waals surface area (Å²) in [5, 5.41) is 20.0. The molecule has 0 bridgehead atoms. The van der Waals surface area contributed by atoms with Crippen LogP contribution in [0.4, 0.5) is 5.69 Å². The molecule has 2 N–H and O–H groups in total. The van der Waals surface area contributed by atoms with Gasteiger partial charge < -0.3 is 5.32 Å². The second-order valence-corrected chi connectivity index (χ2v) is 5.91. The minimum atomic E-state index is -3.63. The second-order valence-electron chi connectivity index (χ2n) is 4.17. The lowest BCUT2D eigenvalue weighted by molar-refractivity contribution is 0.578. The van der Waals surface area contributed by atoms with Crippen molar-refractivity contribution in [3.8, 4) is 12.1 Å². The van der Waals surface area contributed by atoms with E-state index in [9.17, 15) is 8.42 Å². The lowest BCUT2D eigenvalue weighted by atomic mass is 10.3. The lowest BCUT2D eigenvalue weighted by Crippen LogP contribution is -2.25. The summed E-state index contributed by atoms with van der Waals surface area (Å²) in [6.45, 7) is 2.34. The van der Waals surface area contributed by atoms with E-state index >= 15 is 0 Å². The minimum absolute atomic E-state index is 0.0765. The summed E-state index contributed by atoms with van der Waals surface area (Å²) in [5.74, 6) is 0. The van der Waals surface area contributed by atoms with E-state index in [0.717, 1.165) is 12.8 Å². The summed E-state index contributed by atoms with van der Waals surface area (Å²) < 4.78 is 26.9. The minimum Gasteiger partial charge on any atom is -0.359 e. The third-order valence-electron chi connectivity index (χ3n) is 2.61. The van der Waals surface area contributed by atoms with Gasteiger partial charge in [-0.3, -0.25) is 0 Å². The number of nitriles is 2. The van der Waals surface area contributed by atoms with Gasteiger partial charge in [-0.15, -0.1) is 0 Å². The van der Waals surface area contributed by atoms with Crippen LogP contribution < -0.4 is 10.0 Å². The van der Waals surface area contributed by atoms with Crippen molar-refractivity contribution in [3.63, 3.8) is 0 Å². The molecule has 0 heterocycles. The molecule has 0 amide bonds. The number of nitrogens with one attached hydrogen (secondary N) is 2. The van der Waals surface area contributed by atoms with E-state index in [1.807, 2.05) is 6.92 Å². The first-order valence-corrected chi connectivity index (χ1v) is 7.89. The van der Waals surface area contributed by atoms with E-state index in [1.165, 1.54) is 12.3 Å². The molecule has 0 spiro atoms. The first kappa shape index (κ1) is 16.7. The van der Waals surface area contributed by atoms with Crippen molar-refractivity contribution >= 4 is 15.7 Å². The van der Waals surface area contributed by atoms with Gasteiger partial charge >= 0.3 is 0 Å². The Kier molecular flexibility index (Phi) is 6.41. The maximum Gasteiger partial charge on any atom is 0.242 e. The highest BCUT2D eigenvalue weighted by atomic mass is 32.2. The van der Waals surface area contributed by atoms with Crippen LogP contribution in [-0.4, -0.2) is 15.0 Å². The molecular formula is C14H16N4O2S. The fourth-order valence-corrected chi connectivity index (χ4v) is 2.76. The molecule has 6 nitrogen and oxygen atoms in total. The second kappa shape index (κ2) is 8.05. The van der Waals surface area contributed by atoms with Crippen LogP contribution in [0.25, 0.3) is 0 Å². The maximum atomic E-state index is 12.2. The monoisotopic (exact) mass is 304 g/mol. The van der Waals surface area contributed by atoms with Crippen molar-refractivity contribution in [1.29, 1.82) is 10.5 Å². The van der Waals surface area contributed by atoms with Crippen molar-refractivity contribution in [2.24, 2.45) is 0 Å². The largest absolute Gasteiger partial charge is 0.359 e. The van der Waals surface area contributed by atoms with Crippen LogP contribution in [0.3, 0.4) is 0 Å². The Hall–Kier alpha value is -2.35. The van der Waals surface area contributed by atoms with Crippen molar-refractivity contribution in [2.45, 2.75) is 24.7 Å². The fraction of sp³-hybridized carbons (Fsp3) is 0.286. The van der Waals surface area contributed by atoms with Crippen LogP contribution in [0, 0.1) is 22.7 Å². The van der Waals surface area contributed by atoms with E-state index in [1.54, 1.807) is 30.3 Å². The van der Waals surface area contributed by atoms with E-state index < -0.39 is 10.0 Å². The first-order valence-electron chi connectivity index (χ1n) is 6.40. The zero-order valence-corrected chi connectivity index (χ0v) is 12.4. The average molecular weight is 304 g/mol. The molecule has 0 fully saturated rings. The molecule has 21 heavy (non-hydrogen) atoms. The molecular weight excluding hydrogens is 288 g/mol. The van der Waals surface area contributed by atoms with Gasteiger partial charge in [-0.05, 0) is 18.6 Å². The normalized spacial score (nSPS) is 10.2. The molecule has 0 unspecified atom stereocenters. The molecule has 0 aliphatic rings. The Morgan fingerprint density at radius 3 is 2.57 bits per heavy atom. The van der Waals surface area contributed by atoms with Crippen molar-refractivity contribution in [3.05, 3.63) is 36.0 Å². The number of unbranched alkanes of at least 4 members (excludes halogenated alkanes) is 1. The summed E-state index contributed by atoms with van der Waals surface area (Å²) in [6, 6.07) is 9.69. The highest BCUT2D eigenvalue weighted by Crippen LogP contribution is 2.20. The van der Waals surface area contributed by atoms with E-state index in [0.29, 0.717) is 12.2 Å². The Balaban J connectivity index is 3.02. The lowest BCUT2D eigenvalue weighted by Gasteiger charge is -2.11. The van der Waals surface area contributed by atoms with Gasteiger partial charge in [-0.2, -0.15) is 10.5 Å². The van der Waals surface area contributed by atoms with Gasteiger partial charge in [-0.25, -0.2) is 13.1 Å². The molecule has 7 heteroatoms. The van der Waals surface area contributed by atoms with E-state index in [-0.39, 0.29) is 10.5 Å². The van der Waals surface area contributed by atoms with Crippen LogP contribution in [0.5, 0.6) is 0 Å². The van der Waals surface area contributed by atoms with Gasteiger partial charge in [-0.1, -0.05) is 25.5 Å². The Morgan fingerprint density at radius 1 is 1.29 bits per heavy atom. The number of para-hydroxylation sites is 1. The highest BCUT2D eigenvalue weighted by molar-refractivity contribution is 7.89. The number of rotatable bonds is 7. The third kappa shape index (κ3) is 4.92. The topological polar surface area (TPSA) is 106 Å². The van der Waals surface area contributed by atoms with Crippen LogP contribution in [-0.2, 0) is 10.0 Å². The average Bonchev–Trinajstić information content (AvgIpc) is 2.49. The molecule has 1 aromatic carbocycles. The van der Waals surface area contributed by atoms with E-state index in [4.69, 9.17) is 10.5 Å². The standard InChI is InChI=1S/C14H16N4O2S/c1-2-3-8-18-21(19,20)14-7-5-4-6-13(14)17-11-12(9-15)10-16/h4-7,11,17-18H,2-3,8H2,1H3. The molecule has 0 radical (unpaired) electrons. The number of anilines is 1. The molecule has 0 aromatic heterocycles. The molecule has 1 aromatic rings. The molecule has 0 aliphatic carbocycles. The Labute approximate surface area is 124 Å². The number of hydrogen-bond donors (Lipinski definition) is 2. The quantitative estimate of drug-likeness (QED) is 0.592. The summed E-state index contributed by atoms with van der Waals surface area (Å²) in [7, 11) is -3.63. The number of sulfonamides is 1. The van der Waals surface area contributed by atoms with Gasteiger partial charge in [0.1, 0.15) is 22.6 Å². The summed E-state index contributed by atoms with van der Waals surface area (Å²) >= 11 is 0. The number of nitrogens with zero attached hydrogens (tertiary/aromatic N) is 2. The first-order chi connectivity index (χ1) is 10.0. The molecule has 0 saturated heterocycles. The smallest absolute Gasteiger partial charge is 0.242 e. The molecule has 0 saturated carbocycles. The van der Waals surface area contributed by atoms with Crippen LogP contribution in [0.1, 0.15) is 19.8 Å². The molecule has 0 atom stereocenters. The van der Waals surface area contributed by atoms with Gasteiger partial charge in [0, 0.05) is 12.7 Å². The molecule has 1 rings (SSSR count). The van der Waals surface area contributed by atoms with E-state index in [2.05, 4.69) is 10.0 Å². The van der Waals surface area contributed by atoms with Gasteiger partial charge in [0.15, 0.2) is 0 Å². The Morgan fingerprint density at radius 2 is 1.95 bits per heavy atom. The van der Waals surface area contributed by atoms with Crippen LogP contribution >= 0.6 is 0 Å². The van der Waals surface area contributed by atoms with Crippen molar-refractivity contribution < 1.29 is 8.42 Å². The zero-order valence-electron chi connectivity index (χ0n) is 11.6. The summed E-state index contributed by atoms with van der Waals surface area (Å²) in [5.41, 5.74) is 0.172. The number of benzene rings is 1. The van der Waals surface area contributed by atoms with Gasteiger partial charge in [0.2, 0.25) is 10.0 Å². The van der Waals surface area contributed by atoms with Crippen LogP contribution in [0.2, 0.25) is 0 Å². The molecule has 110 valence electrons. The third-order valence-corrected chi connectivity index (χ3v) is 4.13. The van der Waals surface area contributed by atoms with Crippen LogP contribution in [0.15, 0.2) is 40.9 Å². The number of allylic oxidation sites excluding steroid dienone is 1. The highest BCUT2D eigenvalue weighted by Gasteiger charge is 2.17. The predicted molar refractivity (Wildman–Crippen MR) is 79.5 cm³/mol. The van der Waals surface area contributed by atoms with Gasteiger partial charge in [0.25, 0.3) is 0 Å². The van der Waals surface area contributed by atoms with Crippen molar-refractivity contribution in [1.82, 2.24) is 4.72 Å². The van der Waals surface area contributed by atoms with Gasteiger partial charge in [0.05, 0.1) is 5.69 Å². The number of hydrogen-bond acceptors (Lipinski definition) is 5. The Bertz CT molecular complexity index is 680. The summed E-state index contributed by atoms with van der Waals surface area (Å²) in [6.07, 6.45) is 2.82. The fourth-order valence-electron chi connectivity index (χ4n) is 1.52. The SMILES string of the molecule is CCCCNS(=O)(=O)c1ccccc1NC=C(C#N)C#N. The predicted octanol–water partition coefficient (Wildman–Crippen LogP) is 2.11. The summed E-state index contributed by atoms with van der Waals surface area (Å²) in [4.78, 5) is 0.0765. The maximum absolute atomic E-state index is 12.2. The van der Waals surface area contributed by atoms with Crippen molar-refractivity contribution in [2.75, 3.05) is 11.9 Å². The molecule has 0 aliphatic heterocycles. The zero-order chi connectivity index (χ0) is 15.7.